The van der Waals surface area contributed by atoms with Crippen molar-refractivity contribution in [3.63, 3.8) is 0 Å². The lowest BCUT2D eigenvalue weighted by molar-refractivity contribution is -0.140. The van der Waals surface area contributed by atoms with Gasteiger partial charge in [-0.3, -0.25) is 9.59 Å². The Kier molecular flexibility index (Phi) is 2.73. The maximum absolute atomic E-state index is 11.0. The number of nitrogens with zero attached hydrogens (tertiary/aromatic N) is 3. The molecule has 0 saturated heterocycles. The number of fused-ring (bicyclic) bond motifs is 1. The molecule has 2 aromatic rings. The second-order valence-corrected chi connectivity index (χ2v) is 3.55. The Balaban J connectivity index is 2.41. The second kappa shape index (κ2) is 4.20. The molecule has 0 aliphatic carbocycles. The number of carbonyl (C=O) groups is 2. The first-order valence-corrected chi connectivity index (χ1v) is 4.89. The van der Waals surface area contributed by atoms with Gasteiger partial charge >= 0.3 is 5.97 Å². The fourth-order valence-corrected chi connectivity index (χ4v) is 1.54. The van der Waals surface area contributed by atoms with Crippen molar-refractivity contribution < 1.29 is 14.7 Å². The molecule has 88 valence electrons. The SMILES string of the molecule is NC(=O)CC(C(=O)O)c1cc2ncccn2n1. The molecule has 3 N–H and O–H groups in total. The van der Waals surface area contributed by atoms with E-state index >= 15 is 0 Å². The van der Waals surface area contributed by atoms with Crippen LogP contribution in [0.15, 0.2) is 24.5 Å². The van der Waals surface area contributed by atoms with Gasteiger partial charge in [0.2, 0.25) is 5.91 Å². The van der Waals surface area contributed by atoms with Crippen LogP contribution >= 0.6 is 0 Å². The molecule has 0 aliphatic rings. The minimum Gasteiger partial charge on any atom is -0.481 e. The topological polar surface area (TPSA) is 111 Å². The van der Waals surface area contributed by atoms with Crippen molar-refractivity contribution in [1.29, 1.82) is 0 Å². The largest absolute Gasteiger partial charge is 0.481 e. The van der Waals surface area contributed by atoms with Crippen molar-refractivity contribution in [2.75, 3.05) is 0 Å². The van der Waals surface area contributed by atoms with E-state index in [9.17, 15) is 9.59 Å². The lowest BCUT2D eigenvalue weighted by atomic mass is 10.0. The van der Waals surface area contributed by atoms with Crippen molar-refractivity contribution in [3.05, 3.63) is 30.2 Å². The highest BCUT2D eigenvalue weighted by Crippen LogP contribution is 2.19. The van der Waals surface area contributed by atoms with E-state index in [-0.39, 0.29) is 12.1 Å². The fraction of sp³-hybridized carbons (Fsp3) is 0.200. The first kappa shape index (κ1) is 11.1. The molecule has 7 nitrogen and oxygen atoms in total. The number of amides is 1. The van der Waals surface area contributed by atoms with Crippen LogP contribution in [0.25, 0.3) is 5.65 Å². The number of carboxylic acids is 1. The Labute approximate surface area is 95.9 Å². The van der Waals surface area contributed by atoms with Gasteiger partial charge in [-0.2, -0.15) is 5.10 Å². The number of carbonyl (C=O) groups excluding carboxylic acids is 1. The third-order valence-electron chi connectivity index (χ3n) is 2.32. The molecule has 0 aromatic carbocycles. The highest BCUT2D eigenvalue weighted by molar-refractivity contribution is 5.84. The molecule has 1 amide bonds. The molecule has 2 rings (SSSR count). The third kappa shape index (κ3) is 2.22. The molecule has 0 bridgehead atoms. The molecule has 7 heteroatoms. The lowest BCUT2D eigenvalue weighted by Crippen LogP contribution is -2.21. The Morgan fingerprint density at radius 3 is 2.88 bits per heavy atom. The summed E-state index contributed by atoms with van der Waals surface area (Å²) in [5, 5.41) is 13.1. The van der Waals surface area contributed by atoms with Crippen LogP contribution in [0.2, 0.25) is 0 Å². The van der Waals surface area contributed by atoms with Gasteiger partial charge in [-0.25, -0.2) is 9.50 Å². The predicted molar refractivity (Wildman–Crippen MR) is 57.2 cm³/mol. The molecule has 17 heavy (non-hydrogen) atoms. The predicted octanol–water partition coefficient (Wildman–Crippen LogP) is -0.227. The third-order valence-corrected chi connectivity index (χ3v) is 2.32. The average Bonchev–Trinajstić information content (AvgIpc) is 2.68. The number of aromatic nitrogens is 3. The maximum Gasteiger partial charge on any atom is 0.313 e. The first-order chi connectivity index (χ1) is 8.08. The summed E-state index contributed by atoms with van der Waals surface area (Å²) in [6.45, 7) is 0. The Bertz CT molecular complexity index is 545. The summed E-state index contributed by atoms with van der Waals surface area (Å²) >= 11 is 0. The summed E-state index contributed by atoms with van der Waals surface area (Å²) in [6, 6.07) is 3.20. The summed E-state index contributed by atoms with van der Waals surface area (Å²) in [6.07, 6.45) is 2.94. The van der Waals surface area contributed by atoms with Gasteiger partial charge in [0, 0.05) is 24.9 Å². The quantitative estimate of drug-likeness (QED) is 0.759. The first-order valence-electron chi connectivity index (χ1n) is 4.89. The molecule has 1 unspecified atom stereocenters. The number of hydrogen-bond acceptors (Lipinski definition) is 4. The minimum absolute atomic E-state index is 0.273. The van der Waals surface area contributed by atoms with E-state index in [2.05, 4.69) is 10.1 Å². The number of primary amides is 1. The number of aliphatic carboxylic acids is 1. The summed E-state index contributed by atoms with van der Waals surface area (Å²) in [5.74, 6) is -2.84. The molecule has 0 radical (unpaired) electrons. The van der Waals surface area contributed by atoms with Gasteiger partial charge in [0.05, 0.1) is 5.69 Å². The number of nitrogens with two attached hydrogens (primary N) is 1. The number of hydrogen-bond donors (Lipinski definition) is 2. The zero-order valence-corrected chi connectivity index (χ0v) is 8.78. The van der Waals surface area contributed by atoms with Crippen molar-refractivity contribution in [2.24, 2.45) is 5.73 Å². The maximum atomic E-state index is 11.0. The average molecular weight is 234 g/mol. The van der Waals surface area contributed by atoms with Gasteiger partial charge in [-0.1, -0.05) is 0 Å². The van der Waals surface area contributed by atoms with Crippen LogP contribution in [-0.2, 0) is 9.59 Å². The van der Waals surface area contributed by atoms with Crippen LogP contribution in [0.5, 0.6) is 0 Å². The molecule has 2 aromatic heterocycles. The molecule has 0 saturated carbocycles. The molecular formula is C10H10N4O3. The van der Waals surface area contributed by atoms with E-state index in [1.807, 2.05) is 0 Å². The molecule has 0 fully saturated rings. The normalized spacial score (nSPS) is 12.5. The van der Waals surface area contributed by atoms with Crippen LogP contribution in [0.4, 0.5) is 0 Å². The van der Waals surface area contributed by atoms with Gasteiger partial charge in [0.15, 0.2) is 5.65 Å². The van der Waals surface area contributed by atoms with E-state index < -0.39 is 17.8 Å². The highest BCUT2D eigenvalue weighted by atomic mass is 16.4. The Morgan fingerprint density at radius 1 is 1.53 bits per heavy atom. The number of rotatable bonds is 4. The summed E-state index contributed by atoms with van der Waals surface area (Å²) < 4.78 is 1.45. The molecule has 0 aliphatic heterocycles. The van der Waals surface area contributed by atoms with E-state index in [0.29, 0.717) is 5.65 Å². The van der Waals surface area contributed by atoms with Crippen molar-refractivity contribution >= 4 is 17.5 Å². The summed E-state index contributed by atoms with van der Waals surface area (Å²) in [7, 11) is 0. The van der Waals surface area contributed by atoms with Crippen LogP contribution in [0, 0.1) is 0 Å². The van der Waals surface area contributed by atoms with Gasteiger partial charge in [0.1, 0.15) is 5.92 Å². The smallest absolute Gasteiger partial charge is 0.313 e. The minimum atomic E-state index is -1.13. The summed E-state index contributed by atoms with van der Waals surface area (Å²) in [5.41, 5.74) is 5.81. The van der Waals surface area contributed by atoms with Crippen molar-refractivity contribution in [1.82, 2.24) is 14.6 Å². The molecular weight excluding hydrogens is 224 g/mol. The monoisotopic (exact) mass is 234 g/mol. The van der Waals surface area contributed by atoms with E-state index in [1.54, 1.807) is 18.5 Å². The zero-order chi connectivity index (χ0) is 12.4. The Hall–Kier alpha value is -2.44. The zero-order valence-electron chi connectivity index (χ0n) is 8.78. The van der Waals surface area contributed by atoms with E-state index in [1.165, 1.54) is 10.6 Å². The van der Waals surface area contributed by atoms with E-state index in [4.69, 9.17) is 10.8 Å². The van der Waals surface area contributed by atoms with Crippen LogP contribution in [0.3, 0.4) is 0 Å². The molecule has 2 heterocycles. The van der Waals surface area contributed by atoms with Gasteiger partial charge in [-0.15, -0.1) is 0 Å². The lowest BCUT2D eigenvalue weighted by Gasteiger charge is -2.05. The van der Waals surface area contributed by atoms with Gasteiger partial charge < -0.3 is 10.8 Å². The summed E-state index contributed by atoms with van der Waals surface area (Å²) in [4.78, 5) is 25.9. The van der Waals surface area contributed by atoms with Crippen molar-refractivity contribution in [2.45, 2.75) is 12.3 Å². The molecule has 1 atom stereocenters. The van der Waals surface area contributed by atoms with Crippen LogP contribution in [0.1, 0.15) is 18.0 Å². The van der Waals surface area contributed by atoms with E-state index in [0.717, 1.165) is 0 Å². The number of carboxylic acid groups (broad SMARTS) is 1. The Morgan fingerprint density at radius 2 is 2.29 bits per heavy atom. The van der Waals surface area contributed by atoms with Gasteiger partial charge in [-0.05, 0) is 6.07 Å². The fourth-order valence-electron chi connectivity index (χ4n) is 1.54. The second-order valence-electron chi connectivity index (χ2n) is 3.55. The molecule has 0 spiro atoms. The van der Waals surface area contributed by atoms with Crippen molar-refractivity contribution in [3.8, 4) is 0 Å². The van der Waals surface area contributed by atoms with Gasteiger partial charge in [0.25, 0.3) is 0 Å². The van der Waals surface area contributed by atoms with Crippen LogP contribution in [-0.4, -0.2) is 31.6 Å². The van der Waals surface area contributed by atoms with Crippen LogP contribution < -0.4 is 5.73 Å². The highest BCUT2D eigenvalue weighted by Gasteiger charge is 2.25. The standard InChI is InChI=1S/C10H10N4O3/c11-8(15)4-6(10(16)17)7-5-9-12-2-1-3-14(9)13-7/h1-3,5-6H,4H2,(H2,11,15)(H,16,17).